The number of hydrogen-bond acceptors (Lipinski definition) is 4. The van der Waals surface area contributed by atoms with E-state index in [2.05, 4.69) is 16.9 Å². The number of aliphatic hydroxyl groups is 1. The molecule has 2 heterocycles. The molecule has 1 aliphatic carbocycles. The number of aliphatic hydroxyl groups excluding tert-OH is 1. The van der Waals surface area contributed by atoms with Gasteiger partial charge in [-0.3, -0.25) is 9.78 Å². The van der Waals surface area contributed by atoms with Crippen molar-refractivity contribution in [2.45, 2.75) is 51.7 Å². The van der Waals surface area contributed by atoms with Gasteiger partial charge >= 0.3 is 0 Å². The molecule has 2 aliphatic rings. The van der Waals surface area contributed by atoms with Gasteiger partial charge in [-0.15, -0.1) is 0 Å². The van der Waals surface area contributed by atoms with Gasteiger partial charge in [0.2, 0.25) is 0 Å². The molecule has 0 aromatic carbocycles. The Labute approximate surface area is 119 Å². The van der Waals surface area contributed by atoms with E-state index in [-0.39, 0.29) is 23.5 Å². The molecule has 0 spiro atoms. The van der Waals surface area contributed by atoms with Crippen LogP contribution in [0.2, 0.25) is 0 Å². The highest BCUT2D eigenvalue weighted by atomic mass is 16.3. The van der Waals surface area contributed by atoms with Gasteiger partial charge < -0.3 is 10.0 Å². The van der Waals surface area contributed by atoms with Crippen molar-refractivity contribution < 1.29 is 9.90 Å². The van der Waals surface area contributed by atoms with Crippen LogP contribution in [0.1, 0.15) is 48.8 Å². The summed E-state index contributed by atoms with van der Waals surface area (Å²) in [6.45, 7) is 4.80. The fourth-order valence-corrected chi connectivity index (χ4v) is 3.70. The van der Waals surface area contributed by atoms with Gasteiger partial charge in [0.05, 0.1) is 18.0 Å². The summed E-state index contributed by atoms with van der Waals surface area (Å²) in [7, 11) is 0. The standard InChI is InChI=1S/C15H21N3O2/c1-10-8-17-12(9-16-10)14(20)18-6-5-15(2)7-11(19)3-4-13(15)18/h8-9,11,13,19H,3-7H2,1-2H3/t11-,13-,15+/m1/s1. The Hall–Kier alpha value is -1.49. The van der Waals surface area contributed by atoms with Crippen molar-refractivity contribution in [3.8, 4) is 0 Å². The quantitative estimate of drug-likeness (QED) is 0.844. The van der Waals surface area contributed by atoms with Crippen LogP contribution in [0.15, 0.2) is 12.4 Å². The molecule has 3 rings (SSSR count). The van der Waals surface area contributed by atoms with Gasteiger partial charge in [0.15, 0.2) is 0 Å². The van der Waals surface area contributed by atoms with Crippen molar-refractivity contribution in [3.63, 3.8) is 0 Å². The lowest BCUT2D eigenvalue weighted by Gasteiger charge is -2.41. The molecule has 108 valence electrons. The molecule has 1 saturated carbocycles. The number of carbonyl (C=O) groups excluding carboxylic acids is 1. The number of hydrogen-bond donors (Lipinski definition) is 1. The van der Waals surface area contributed by atoms with Crippen LogP contribution in [-0.2, 0) is 0 Å². The molecule has 1 saturated heterocycles. The summed E-state index contributed by atoms with van der Waals surface area (Å²) in [5, 5.41) is 9.87. The van der Waals surface area contributed by atoms with Gasteiger partial charge in [0.25, 0.3) is 5.91 Å². The van der Waals surface area contributed by atoms with E-state index in [4.69, 9.17) is 0 Å². The minimum atomic E-state index is -0.217. The lowest BCUT2D eigenvalue weighted by Crippen LogP contribution is -2.46. The maximum Gasteiger partial charge on any atom is 0.274 e. The van der Waals surface area contributed by atoms with Crippen LogP contribution in [0, 0.1) is 12.3 Å². The van der Waals surface area contributed by atoms with E-state index >= 15 is 0 Å². The van der Waals surface area contributed by atoms with Crippen LogP contribution in [0.5, 0.6) is 0 Å². The second-order valence-electron chi connectivity index (χ2n) is 6.40. The van der Waals surface area contributed by atoms with E-state index in [1.165, 1.54) is 0 Å². The first kappa shape index (κ1) is 13.5. The Morgan fingerprint density at radius 1 is 1.40 bits per heavy atom. The number of fused-ring (bicyclic) bond motifs is 1. The number of aromatic nitrogens is 2. The number of aryl methyl sites for hydroxylation is 1. The molecule has 1 aromatic heterocycles. The predicted octanol–water partition coefficient (Wildman–Crippen LogP) is 1.55. The maximum atomic E-state index is 12.6. The number of amides is 1. The Kier molecular flexibility index (Phi) is 3.24. The Balaban J connectivity index is 1.81. The molecule has 20 heavy (non-hydrogen) atoms. The van der Waals surface area contributed by atoms with Gasteiger partial charge in [0.1, 0.15) is 5.69 Å². The van der Waals surface area contributed by atoms with Crippen molar-refractivity contribution in [1.82, 2.24) is 14.9 Å². The lowest BCUT2D eigenvalue weighted by molar-refractivity contribution is 0.0208. The Morgan fingerprint density at radius 3 is 2.90 bits per heavy atom. The molecular weight excluding hydrogens is 254 g/mol. The summed E-state index contributed by atoms with van der Waals surface area (Å²) in [5.41, 5.74) is 1.28. The molecule has 2 fully saturated rings. The number of likely N-dealkylation sites (tertiary alicyclic amines) is 1. The molecular formula is C15H21N3O2. The molecule has 1 aromatic rings. The summed E-state index contributed by atoms with van der Waals surface area (Å²) < 4.78 is 0. The third kappa shape index (κ3) is 2.20. The first-order chi connectivity index (χ1) is 9.49. The minimum Gasteiger partial charge on any atom is -0.393 e. The van der Waals surface area contributed by atoms with Crippen LogP contribution in [0.4, 0.5) is 0 Å². The lowest BCUT2D eigenvalue weighted by atomic mass is 9.71. The summed E-state index contributed by atoms with van der Waals surface area (Å²) in [6.07, 6.45) is 6.39. The molecule has 1 N–H and O–H groups in total. The topological polar surface area (TPSA) is 66.3 Å². The van der Waals surface area contributed by atoms with Crippen LogP contribution < -0.4 is 0 Å². The van der Waals surface area contributed by atoms with Crippen molar-refractivity contribution in [2.24, 2.45) is 5.41 Å². The van der Waals surface area contributed by atoms with Crippen molar-refractivity contribution in [2.75, 3.05) is 6.54 Å². The molecule has 1 amide bonds. The Bertz CT molecular complexity index is 516. The molecule has 5 nitrogen and oxygen atoms in total. The monoisotopic (exact) mass is 275 g/mol. The number of carbonyl (C=O) groups is 1. The SMILES string of the molecule is Cc1cnc(C(=O)N2CC[C@@]3(C)C[C@H](O)CC[C@@H]23)cn1. The van der Waals surface area contributed by atoms with Gasteiger partial charge in [-0.25, -0.2) is 4.98 Å². The normalized spacial score (nSPS) is 33.0. The van der Waals surface area contributed by atoms with E-state index in [1.807, 2.05) is 11.8 Å². The maximum absolute atomic E-state index is 12.6. The van der Waals surface area contributed by atoms with E-state index in [0.29, 0.717) is 5.69 Å². The Morgan fingerprint density at radius 2 is 2.20 bits per heavy atom. The smallest absolute Gasteiger partial charge is 0.274 e. The third-order valence-corrected chi connectivity index (χ3v) is 4.84. The van der Waals surface area contributed by atoms with Crippen LogP contribution >= 0.6 is 0 Å². The molecule has 0 radical (unpaired) electrons. The summed E-state index contributed by atoms with van der Waals surface area (Å²) in [5.74, 6) is -0.0254. The molecule has 0 bridgehead atoms. The van der Waals surface area contributed by atoms with Crippen molar-refractivity contribution in [1.29, 1.82) is 0 Å². The zero-order chi connectivity index (χ0) is 14.3. The van der Waals surface area contributed by atoms with Crippen LogP contribution in [0.25, 0.3) is 0 Å². The first-order valence-electron chi connectivity index (χ1n) is 7.27. The van der Waals surface area contributed by atoms with Crippen molar-refractivity contribution >= 4 is 5.91 Å². The molecule has 5 heteroatoms. The first-order valence-corrected chi connectivity index (χ1v) is 7.27. The van der Waals surface area contributed by atoms with Gasteiger partial charge in [-0.1, -0.05) is 6.92 Å². The highest BCUT2D eigenvalue weighted by Crippen LogP contribution is 2.46. The highest BCUT2D eigenvalue weighted by molar-refractivity contribution is 5.92. The summed E-state index contributed by atoms with van der Waals surface area (Å²) >= 11 is 0. The number of nitrogens with zero attached hydrogens (tertiary/aromatic N) is 3. The van der Waals surface area contributed by atoms with Gasteiger partial charge in [-0.05, 0) is 38.0 Å². The van der Waals surface area contributed by atoms with E-state index in [0.717, 1.165) is 37.9 Å². The molecule has 0 unspecified atom stereocenters. The second kappa shape index (κ2) is 4.81. The summed E-state index contributed by atoms with van der Waals surface area (Å²) in [4.78, 5) is 22.9. The zero-order valence-electron chi connectivity index (χ0n) is 12.0. The second-order valence-corrected chi connectivity index (χ2v) is 6.40. The highest BCUT2D eigenvalue weighted by Gasteiger charge is 2.49. The largest absolute Gasteiger partial charge is 0.393 e. The average Bonchev–Trinajstić information content (AvgIpc) is 2.75. The van der Waals surface area contributed by atoms with E-state index < -0.39 is 0 Å². The number of rotatable bonds is 1. The predicted molar refractivity (Wildman–Crippen MR) is 74.2 cm³/mol. The van der Waals surface area contributed by atoms with Gasteiger partial charge in [-0.2, -0.15) is 0 Å². The van der Waals surface area contributed by atoms with E-state index in [9.17, 15) is 9.90 Å². The van der Waals surface area contributed by atoms with Gasteiger partial charge in [0, 0.05) is 18.8 Å². The summed E-state index contributed by atoms with van der Waals surface area (Å²) in [6, 6.07) is 0.224. The fraction of sp³-hybridized carbons (Fsp3) is 0.667. The van der Waals surface area contributed by atoms with Crippen LogP contribution in [0.3, 0.4) is 0 Å². The minimum absolute atomic E-state index is 0.0254. The third-order valence-electron chi connectivity index (χ3n) is 4.84. The fourth-order valence-electron chi connectivity index (χ4n) is 3.70. The zero-order valence-corrected chi connectivity index (χ0v) is 12.0. The van der Waals surface area contributed by atoms with E-state index in [1.54, 1.807) is 12.4 Å². The molecule has 1 aliphatic heterocycles. The average molecular weight is 275 g/mol. The van der Waals surface area contributed by atoms with Crippen LogP contribution in [-0.4, -0.2) is 44.6 Å². The molecule has 3 atom stereocenters. The van der Waals surface area contributed by atoms with Crippen molar-refractivity contribution in [3.05, 3.63) is 23.8 Å².